The predicted molar refractivity (Wildman–Crippen MR) is 51.2 cm³/mol. The Morgan fingerprint density at radius 1 is 1.45 bits per heavy atom. The largest absolute Gasteiger partial charge is 0.300 e. The number of rotatable bonds is 4. The molecule has 0 aliphatic carbocycles. The summed E-state index contributed by atoms with van der Waals surface area (Å²) in [7, 11) is -1.19. The molecule has 62 valence electrons. The van der Waals surface area contributed by atoms with Crippen molar-refractivity contribution in [3.63, 3.8) is 0 Å². The van der Waals surface area contributed by atoms with Crippen LogP contribution in [0.1, 0.15) is 12.8 Å². The third-order valence-corrected chi connectivity index (χ3v) is 2.73. The molecule has 0 N–H and O–H groups in total. The minimum absolute atomic E-state index is 0.335. The van der Waals surface area contributed by atoms with Crippen molar-refractivity contribution in [2.45, 2.75) is 38.5 Å². The number of hydrogen-bond donors (Lipinski definition) is 0. The molecule has 2 heteroatoms. The maximum Gasteiger partial charge on any atom is 0.131 e. The maximum atomic E-state index is 11.2. The molecule has 0 heterocycles. The van der Waals surface area contributed by atoms with E-state index < -0.39 is 8.07 Å². The zero-order valence-corrected chi connectivity index (χ0v) is 8.61. The number of carbonyl (C=O) groups excluding carboxylic acids is 1. The van der Waals surface area contributed by atoms with Gasteiger partial charge in [0.05, 0.1) is 8.07 Å². The lowest BCUT2D eigenvalue weighted by Crippen LogP contribution is -2.23. The molecular formula is C9H16OSi. The summed E-state index contributed by atoms with van der Waals surface area (Å²) < 4.78 is 0. The van der Waals surface area contributed by atoms with Gasteiger partial charge in [0.25, 0.3) is 0 Å². The molecule has 0 rings (SSSR count). The summed E-state index contributed by atoms with van der Waals surface area (Å²) in [4.78, 5) is 11.2. The zero-order chi connectivity index (χ0) is 8.91. The summed E-state index contributed by atoms with van der Waals surface area (Å²) in [5, 5.41) is 0. The van der Waals surface area contributed by atoms with Crippen molar-refractivity contribution in [1.29, 1.82) is 0 Å². The molecule has 0 bridgehead atoms. The van der Waals surface area contributed by atoms with E-state index in [0.29, 0.717) is 18.6 Å². The molecule has 0 aromatic heterocycles. The Balaban J connectivity index is 3.64. The zero-order valence-electron chi connectivity index (χ0n) is 7.61. The quantitative estimate of drug-likeness (QED) is 0.465. The number of Topliss-reactive ketones (excluding diaryl/α,β-unsaturated/α-hetero) is 1. The fourth-order valence-electron chi connectivity index (χ4n) is 0.891. The molecule has 0 fully saturated rings. The van der Waals surface area contributed by atoms with Crippen molar-refractivity contribution >= 4 is 13.9 Å². The number of terminal acetylenes is 1. The molecule has 0 aromatic carbocycles. The van der Waals surface area contributed by atoms with E-state index in [1.807, 2.05) is 0 Å². The molecule has 0 amide bonds. The van der Waals surface area contributed by atoms with Crippen LogP contribution in [0, 0.1) is 12.3 Å². The molecule has 0 atom stereocenters. The van der Waals surface area contributed by atoms with Gasteiger partial charge in [-0.1, -0.05) is 19.6 Å². The molecule has 0 unspecified atom stereocenters. The van der Waals surface area contributed by atoms with Gasteiger partial charge in [0.2, 0.25) is 0 Å². The lowest BCUT2D eigenvalue weighted by molar-refractivity contribution is -0.116. The van der Waals surface area contributed by atoms with E-state index in [2.05, 4.69) is 25.6 Å². The van der Waals surface area contributed by atoms with Gasteiger partial charge in [-0.05, 0) is 0 Å². The van der Waals surface area contributed by atoms with Crippen LogP contribution in [-0.4, -0.2) is 13.9 Å². The van der Waals surface area contributed by atoms with Crippen LogP contribution in [0.4, 0.5) is 0 Å². The van der Waals surface area contributed by atoms with E-state index in [9.17, 15) is 4.79 Å². The topological polar surface area (TPSA) is 17.1 Å². The van der Waals surface area contributed by atoms with Crippen molar-refractivity contribution in [3.05, 3.63) is 0 Å². The second-order valence-corrected chi connectivity index (χ2v) is 9.46. The number of carbonyl (C=O) groups is 1. The van der Waals surface area contributed by atoms with Gasteiger partial charge in [0.1, 0.15) is 5.78 Å². The van der Waals surface area contributed by atoms with Gasteiger partial charge in [0.15, 0.2) is 0 Å². The van der Waals surface area contributed by atoms with Gasteiger partial charge in [-0.25, -0.2) is 0 Å². The van der Waals surface area contributed by atoms with Crippen LogP contribution in [-0.2, 0) is 4.79 Å². The number of hydrogen-bond acceptors (Lipinski definition) is 1. The fourth-order valence-corrected chi connectivity index (χ4v) is 2.25. The highest BCUT2D eigenvalue weighted by molar-refractivity contribution is 6.78. The first-order valence-electron chi connectivity index (χ1n) is 3.91. The van der Waals surface area contributed by atoms with Crippen molar-refractivity contribution in [3.8, 4) is 12.3 Å². The van der Waals surface area contributed by atoms with Crippen molar-refractivity contribution in [1.82, 2.24) is 0 Å². The first-order valence-corrected chi connectivity index (χ1v) is 7.61. The summed E-state index contributed by atoms with van der Waals surface area (Å²) in [6, 6.07) is 0.772. The van der Waals surface area contributed by atoms with Gasteiger partial charge in [-0.15, -0.1) is 12.3 Å². The van der Waals surface area contributed by atoms with Crippen molar-refractivity contribution in [2.24, 2.45) is 0 Å². The Morgan fingerprint density at radius 2 is 2.00 bits per heavy atom. The highest BCUT2D eigenvalue weighted by Crippen LogP contribution is 2.10. The Hall–Kier alpha value is -0.553. The van der Waals surface area contributed by atoms with Crippen LogP contribution < -0.4 is 0 Å². The molecule has 1 nitrogen and oxygen atoms in total. The van der Waals surface area contributed by atoms with Gasteiger partial charge < -0.3 is 4.79 Å². The molecule has 0 spiro atoms. The Morgan fingerprint density at radius 3 is 2.36 bits per heavy atom. The minimum atomic E-state index is -1.19. The highest BCUT2D eigenvalue weighted by atomic mass is 28.3. The first kappa shape index (κ1) is 10.4. The second kappa shape index (κ2) is 4.35. The Kier molecular flexibility index (Phi) is 4.13. The monoisotopic (exact) mass is 168 g/mol. The summed E-state index contributed by atoms with van der Waals surface area (Å²) >= 11 is 0. The molecule has 0 aliphatic rings. The first-order chi connectivity index (χ1) is 4.95. The summed E-state index contributed by atoms with van der Waals surface area (Å²) in [6.45, 7) is 6.59. The lowest BCUT2D eigenvalue weighted by Gasteiger charge is -2.13. The van der Waals surface area contributed by atoms with Gasteiger partial charge in [-0.2, -0.15) is 0 Å². The van der Waals surface area contributed by atoms with Crippen LogP contribution in [0.2, 0.25) is 25.7 Å². The third kappa shape index (κ3) is 7.34. The summed E-state index contributed by atoms with van der Waals surface area (Å²) in [6.07, 6.45) is 6.22. The molecule has 0 saturated carbocycles. The molecule has 0 aliphatic heterocycles. The molecule has 11 heavy (non-hydrogen) atoms. The Bertz CT molecular complexity index is 171. The molecule has 0 aromatic rings. The molecule has 0 saturated heterocycles. The highest BCUT2D eigenvalue weighted by Gasteiger charge is 2.17. The minimum Gasteiger partial charge on any atom is -0.300 e. The maximum absolute atomic E-state index is 11.2. The van der Waals surface area contributed by atoms with Gasteiger partial charge in [0, 0.05) is 18.9 Å². The van der Waals surface area contributed by atoms with Gasteiger partial charge in [-0.3, -0.25) is 0 Å². The van der Waals surface area contributed by atoms with Crippen molar-refractivity contribution < 1.29 is 4.79 Å². The van der Waals surface area contributed by atoms with Crippen LogP contribution in [0.15, 0.2) is 0 Å². The van der Waals surface area contributed by atoms with Crippen molar-refractivity contribution in [2.75, 3.05) is 0 Å². The van der Waals surface area contributed by atoms with E-state index in [4.69, 9.17) is 6.42 Å². The van der Waals surface area contributed by atoms with Crippen LogP contribution in [0.3, 0.4) is 0 Å². The van der Waals surface area contributed by atoms with Crippen LogP contribution in [0.5, 0.6) is 0 Å². The smallest absolute Gasteiger partial charge is 0.131 e. The molecular weight excluding hydrogens is 152 g/mol. The standard InChI is InChI=1S/C9H16OSi/c1-5-6-7-9(10)8-11(2,3)4/h1H,6-8H2,2-4H3. The predicted octanol–water partition coefficient (Wildman–Crippen LogP) is 2.31. The van der Waals surface area contributed by atoms with E-state index in [1.165, 1.54) is 0 Å². The lowest BCUT2D eigenvalue weighted by atomic mass is 10.2. The average molecular weight is 168 g/mol. The van der Waals surface area contributed by atoms with Gasteiger partial charge >= 0.3 is 0 Å². The second-order valence-electron chi connectivity index (χ2n) is 3.98. The van der Waals surface area contributed by atoms with Crippen LogP contribution in [0.25, 0.3) is 0 Å². The van der Waals surface area contributed by atoms with E-state index in [1.54, 1.807) is 0 Å². The number of ketones is 1. The third-order valence-electron chi connectivity index (χ3n) is 1.28. The SMILES string of the molecule is C#CCCC(=O)C[Si](C)(C)C. The van der Waals surface area contributed by atoms with E-state index in [-0.39, 0.29) is 0 Å². The van der Waals surface area contributed by atoms with E-state index >= 15 is 0 Å². The van der Waals surface area contributed by atoms with Crippen LogP contribution >= 0.6 is 0 Å². The Labute approximate surface area is 70.2 Å². The molecule has 0 radical (unpaired) electrons. The van der Waals surface area contributed by atoms with E-state index in [0.717, 1.165) is 6.04 Å². The average Bonchev–Trinajstić information content (AvgIpc) is 1.79. The fraction of sp³-hybridized carbons (Fsp3) is 0.667. The summed E-state index contributed by atoms with van der Waals surface area (Å²) in [5.74, 6) is 2.81. The summed E-state index contributed by atoms with van der Waals surface area (Å²) in [5.41, 5.74) is 0. The normalized spacial score (nSPS) is 10.7.